The van der Waals surface area contributed by atoms with Crippen molar-refractivity contribution in [1.29, 1.82) is 0 Å². The van der Waals surface area contributed by atoms with Crippen molar-refractivity contribution in [2.24, 2.45) is 10.1 Å². The SMILES string of the molecule is NS(=O)(=O)NCCCCC(NC(=O)OCc1ccc(Cl)cc1)C(=O)NC1=NC(c2ccccc2)=CSC1. The second-order valence-electron chi connectivity index (χ2n) is 8.06. The Bertz CT molecular complexity index is 1240. The maximum Gasteiger partial charge on any atom is 0.408 e. The van der Waals surface area contributed by atoms with E-state index in [0.29, 0.717) is 29.5 Å². The van der Waals surface area contributed by atoms with Gasteiger partial charge >= 0.3 is 6.09 Å². The Morgan fingerprint density at radius 2 is 1.84 bits per heavy atom. The van der Waals surface area contributed by atoms with Crippen LogP contribution >= 0.6 is 23.4 Å². The number of nitrogens with one attached hydrogen (secondary N) is 3. The molecule has 1 atom stereocenters. The van der Waals surface area contributed by atoms with Crippen LogP contribution in [0.5, 0.6) is 0 Å². The zero-order valence-electron chi connectivity index (χ0n) is 19.9. The van der Waals surface area contributed by atoms with Gasteiger partial charge in [-0.1, -0.05) is 54.1 Å². The summed E-state index contributed by atoms with van der Waals surface area (Å²) in [6.45, 7) is 0.118. The molecule has 0 fully saturated rings. The fraction of sp³-hybridized carbons (Fsp3) is 0.292. The summed E-state index contributed by atoms with van der Waals surface area (Å²) in [6.07, 6.45) is 0.340. The van der Waals surface area contributed by atoms with E-state index >= 15 is 0 Å². The maximum atomic E-state index is 13.1. The first kappa shape index (κ1) is 28.7. The lowest BCUT2D eigenvalue weighted by molar-refractivity contribution is -0.121. The first-order chi connectivity index (χ1) is 17.7. The number of aliphatic imine (C=N–C) groups is 1. The third-order valence-corrected chi connectivity index (χ3v) is 6.81. The molecule has 0 spiro atoms. The molecule has 37 heavy (non-hydrogen) atoms. The van der Waals surface area contributed by atoms with Gasteiger partial charge < -0.3 is 15.4 Å². The molecule has 13 heteroatoms. The number of alkyl carbamates (subject to hydrolysis) is 1. The van der Waals surface area contributed by atoms with Crippen LogP contribution in [0.1, 0.15) is 30.4 Å². The Balaban J connectivity index is 1.60. The summed E-state index contributed by atoms with van der Waals surface area (Å²) < 4.78 is 29.5. The highest BCUT2D eigenvalue weighted by Crippen LogP contribution is 2.24. The van der Waals surface area contributed by atoms with Gasteiger partial charge in [-0.2, -0.15) is 8.42 Å². The maximum absolute atomic E-state index is 13.1. The van der Waals surface area contributed by atoms with Gasteiger partial charge in [0.2, 0.25) is 5.91 Å². The number of benzene rings is 2. The van der Waals surface area contributed by atoms with Crippen molar-refractivity contribution in [3.05, 3.63) is 76.2 Å². The number of rotatable bonds is 11. The lowest BCUT2D eigenvalue weighted by atomic mass is 10.1. The first-order valence-electron chi connectivity index (χ1n) is 11.4. The molecule has 2 amide bonds. The number of nitrogens with two attached hydrogens (primary N) is 1. The molecule has 3 rings (SSSR count). The summed E-state index contributed by atoms with van der Waals surface area (Å²) in [5.41, 5.74) is 2.39. The van der Waals surface area contributed by atoms with E-state index in [4.69, 9.17) is 21.5 Å². The standard InChI is InChI=1S/C24H28ClN5O5S2/c25-19-11-9-17(10-12-19)14-35-24(32)29-20(8-4-5-13-27-37(26,33)34)23(31)30-22-16-36-15-21(28-22)18-6-2-1-3-7-18/h1-3,6-7,9-12,15,20,27H,4-5,8,13-14,16H2,(H,29,32)(H2,26,33,34)(H,28,30,31). The number of halogens is 1. The van der Waals surface area contributed by atoms with E-state index in [0.717, 1.165) is 16.8 Å². The van der Waals surface area contributed by atoms with Gasteiger partial charge in [0.15, 0.2) is 0 Å². The van der Waals surface area contributed by atoms with Gasteiger partial charge in [-0.05, 0) is 42.4 Å². The average molecular weight is 566 g/mol. The average Bonchev–Trinajstić information content (AvgIpc) is 2.87. The largest absolute Gasteiger partial charge is 0.445 e. The lowest BCUT2D eigenvalue weighted by Crippen LogP contribution is -2.49. The predicted molar refractivity (Wildman–Crippen MR) is 146 cm³/mol. The third-order valence-electron chi connectivity index (χ3n) is 5.12. The lowest BCUT2D eigenvalue weighted by Gasteiger charge is -2.20. The molecule has 198 valence electrons. The van der Waals surface area contributed by atoms with Crippen molar-refractivity contribution >= 4 is 57.1 Å². The van der Waals surface area contributed by atoms with Crippen molar-refractivity contribution in [2.75, 3.05) is 12.3 Å². The molecule has 0 bridgehead atoms. The molecular weight excluding hydrogens is 538 g/mol. The molecule has 10 nitrogen and oxygen atoms in total. The normalized spacial score (nSPS) is 14.2. The number of carbonyl (C=O) groups excluding carboxylic acids is 2. The molecule has 5 N–H and O–H groups in total. The summed E-state index contributed by atoms with van der Waals surface area (Å²) in [7, 11) is -3.79. The smallest absolute Gasteiger partial charge is 0.408 e. The van der Waals surface area contributed by atoms with Gasteiger partial charge in [0.1, 0.15) is 18.5 Å². The molecule has 1 aliphatic heterocycles. The number of carbonyl (C=O) groups is 2. The molecule has 0 saturated heterocycles. The first-order valence-corrected chi connectivity index (χ1v) is 14.4. The minimum absolute atomic E-state index is 0.00417. The molecule has 1 unspecified atom stereocenters. The minimum atomic E-state index is -3.79. The van der Waals surface area contributed by atoms with Crippen LogP contribution in [0.2, 0.25) is 5.02 Å². The van der Waals surface area contributed by atoms with E-state index in [1.165, 1.54) is 11.8 Å². The van der Waals surface area contributed by atoms with Crippen LogP contribution in [0, 0.1) is 0 Å². The fourth-order valence-electron chi connectivity index (χ4n) is 3.31. The summed E-state index contributed by atoms with van der Waals surface area (Å²) >= 11 is 7.37. The Hall–Kier alpha value is -2.90. The quantitative estimate of drug-likeness (QED) is 0.307. The molecule has 0 aliphatic carbocycles. The number of amides is 2. The van der Waals surface area contributed by atoms with E-state index in [9.17, 15) is 18.0 Å². The summed E-state index contributed by atoms with van der Waals surface area (Å²) in [5.74, 6) is 0.485. The fourth-order valence-corrected chi connectivity index (χ4v) is 4.59. The summed E-state index contributed by atoms with van der Waals surface area (Å²) in [4.78, 5) is 30.1. The highest BCUT2D eigenvalue weighted by atomic mass is 35.5. The van der Waals surface area contributed by atoms with E-state index in [1.807, 2.05) is 35.7 Å². The Morgan fingerprint density at radius 1 is 1.11 bits per heavy atom. The molecule has 1 aliphatic rings. The second kappa shape index (κ2) is 14.1. The van der Waals surface area contributed by atoms with Crippen LogP contribution in [-0.2, 0) is 26.3 Å². The number of nitrogens with zero attached hydrogens (tertiary/aromatic N) is 1. The Labute approximate surface area is 225 Å². The van der Waals surface area contributed by atoms with Crippen molar-refractivity contribution in [3.63, 3.8) is 0 Å². The van der Waals surface area contributed by atoms with Gasteiger partial charge in [-0.25, -0.2) is 19.6 Å². The molecule has 2 aromatic carbocycles. The molecule has 0 aromatic heterocycles. The van der Waals surface area contributed by atoms with Crippen molar-refractivity contribution in [1.82, 2.24) is 15.4 Å². The van der Waals surface area contributed by atoms with E-state index in [-0.39, 0.29) is 19.6 Å². The zero-order valence-corrected chi connectivity index (χ0v) is 22.2. The molecule has 0 saturated carbocycles. The second-order valence-corrected chi connectivity index (χ2v) is 10.7. The van der Waals surface area contributed by atoms with Gasteiger partial charge in [0.25, 0.3) is 10.2 Å². The number of unbranched alkanes of at least 4 members (excludes halogenated alkanes) is 1. The number of ether oxygens (including phenoxy) is 1. The van der Waals surface area contributed by atoms with Crippen LogP contribution in [0.4, 0.5) is 4.79 Å². The zero-order chi connectivity index (χ0) is 26.7. The van der Waals surface area contributed by atoms with E-state index < -0.39 is 28.3 Å². The summed E-state index contributed by atoms with van der Waals surface area (Å²) in [6, 6.07) is 15.5. The number of hydrogen-bond acceptors (Lipinski definition) is 7. The molecule has 1 heterocycles. The van der Waals surface area contributed by atoms with Crippen molar-refractivity contribution in [2.45, 2.75) is 31.9 Å². The van der Waals surface area contributed by atoms with E-state index in [1.54, 1.807) is 24.3 Å². The highest BCUT2D eigenvalue weighted by Gasteiger charge is 2.23. The summed E-state index contributed by atoms with van der Waals surface area (Å²) in [5, 5.41) is 12.8. The number of amidine groups is 1. The molecule has 0 radical (unpaired) electrons. The van der Waals surface area contributed by atoms with Gasteiger partial charge in [-0.15, -0.1) is 11.8 Å². The third kappa shape index (κ3) is 10.5. The van der Waals surface area contributed by atoms with Crippen LogP contribution in [0.25, 0.3) is 5.70 Å². The van der Waals surface area contributed by atoms with Gasteiger partial charge in [-0.3, -0.25) is 4.79 Å². The number of thioether (sulfide) groups is 1. The topological polar surface area (TPSA) is 152 Å². The van der Waals surface area contributed by atoms with Crippen LogP contribution in [0.15, 0.2) is 65.0 Å². The highest BCUT2D eigenvalue weighted by molar-refractivity contribution is 8.03. The Kier molecular flexibility index (Phi) is 11.0. The van der Waals surface area contributed by atoms with Crippen LogP contribution in [-0.4, -0.2) is 44.6 Å². The van der Waals surface area contributed by atoms with Crippen LogP contribution < -0.4 is 20.5 Å². The Morgan fingerprint density at radius 3 is 2.54 bits per heavy atom. The van der Waals surface area contributed by atoms with Gasteiger partial charge in [0.05, 0.1) is 11.4 Å². The molecular formula is C24H28ClN5O5S2. The van der Waals surface area contributed by atoms with E-state index in [2.05, 4.69) is 20.3 Å². The predicted octanol–water partition coefficient (Wildman–Crippen LogP) is 3.16. The van der Waals surface area contributed by atoms with Crippen molar-refractivity contribution < 1.29 is 22.7 Å². The molecule has 2 aromatic rings. The van der Waals surface area contributed by atoms with Crippen LogP contribution in [0.3, 0.4) is 0 Å². The number of hydrogen-bond donors (Lipinski definition) is 4. The van der Waals surface area contributed by atoms with Crippen molar-refractivity contribution in [3.8, 4) is 0 Å². The minimum Gasteiger partial charge on any atom is -0.445 e. The van der Waals surface area contributed by atoms with Gasteiger partial charge in [0, 0.05) is 17.1 Å². The monoisotopic (exact) mass is 565 g/mol.